The third kappa shape index (κ3) is 2.14. The third-order valence-electron chi connectivity index (χ3n) is 3.51. The number of nitrogens with zero attached hydrogens (tertiary/aromatic N) is 1. The summed E-state index contributed by atoms with van der Waals surface area (Å²) < 4.78 is 27.0. The molecule has 0 atom stereocenters. The third-order valence-corrected chi connectivity index (χ3v) is 5.32. The molecule has 4 nitrogen and oxygen atoms in total. The molecular weight excluding hydrogens is 272 g/mol. The van der Waals surface area contributed by atoms with Crippen molar-refractivity contribution in [1.29, 1.82) is 0 Å². The molecule has 0 saturated carbocycles. The number of benzene rings is 2. The molecule has 2 aromatic carbocycles. The first-order valence-corrected chi connectivity index (χ1v) is 7.99. The van der Waals surface area contributed by atoms with Crippen LogP contribution in [0.5, 0.6) is 0 Å². The molecule has 0 bridgehead atoms. The van der Waals surface area contributed by atoms with Crippen LogP contribution < -0.4 is 10.0 Å². The van der Waals surface area contributed by atoms with Gasteiger partial charge in [-0.3, -0.25) is 4.31 Å². The largest absolute Gasteiger partial charge is 0.399 e. The van der Waals surface area contributed by atoms with Gasteiger partial charge in [0.1, 0.15) is 0 Å². The molecule has 20 heavy (non-hydrogen) atoms. The maximum atomic E-state index is 12.8. The molecule has 0 fully saturated rings. The lowest BCUT2D eigenvalue weighted by Crippen LogP contribution is -2.35. The average molecular weight is 288 g/mol. The standard InChI is InChI=1S/C15H16N2O2S/c16-13-7-3-8-14(11-13)20(18,19)17-10-4-6-12-5-1-2-9-15(12)17/h1-3,5,7-9,11H,4,6,10,16H2. The van der Waals surface area contributed by atoms with Crippen LogP contribution in [0.15, 0.2) is 53.4 Å². The minimum Gasteiger partial charge on any atom is -0.399 e. The van der Waals surface area contributed by atoms with Crippen LogP contribution in [0.25, 0.3) is 0 Å². The highest BCUT2D eigenvalue weighted by molar-refractivity contribution is 7.92. The van der Waals surface area contributed by atoms with Crippen LogP contribution in [0.4, 0.5) is 11.4 Å². The van der Waals surface area contributed by atoms with Crippen LogP contribution in [0.1, 0.15) is 12.0 Å². The van der Waals surface area contributed by atoms with E-state index in [-0.39, 0.29) is 4.90 Å². The lowest BCUT2D eigenvalue weighted by Gasteiger charge is -2.30. The van der Waals surface area contributed by atoms with Gasteiger partial charge in [-0.25, -0.2) is 8.42 Å². The van der Waals surface area contributed by atoms with Gasteiger partial charge in [0.15, 0.2) is 0 Å². The fourth-order valence-corrected chi connectivity index (χ4v) is 4.15. The Morgan fingerprint density at radius 2 is 1.85 bits per heavy atom. The van der Waals surface area contributed by atoms with Gasteiger partial charge in [-0.15, -0.1) is 0 Å². The van der Waals surface area contributed by atoms with Gasteiger partial charge in [0.2, 0.25) is 0 Å². The summed E-state index contributed by atoms with van der Waals surface area (Å²) in [5, 5.41) is 0. The number of sulfonamides is 1. The van der Waals surface area contributed by atoms with E-state index in [1.54, 1.807) is 18.2 Å². The number of fused-ring (bicyclic) bond motifs is 1. The van der Waals surface area contributed by atoms with E-state index in [1.807, 2.05) is 24.3 Å². The molecular formula is C15H16N2O2S. The number of nitrogen functional groups attached to an aromatic ring is 1. The molecule has 0 spiro atoms. The van der Waals surface area contributed by atoms with Gasteiger partial charge >= 0.3 is 0 Å². The summed E-state index contributed by atoms with van der Waals surface area (Å²) in [6.07, 6.45) is 1.75. The number of nitrogens with two attached hydrogens (primary N) is 1. The second kappa shape index (κ2) is 4.83. The summed E-state index contributed by atoms with van der Waals surface area (Å²) >= 11 is 0. The Kier molecular flexibility index (Phi) is 3.14. The number of hydrogen-bond acceptors (Lipinski definition) is 3. The Bertz CT molecular complexity index is 741. The molecule has 1 heterocycles. The zero-order valence-electron chi connectivity index (χ0n) is 11.0. The molecule has 104 valence electrons. The molecule has 1 aliphatic heterocycles. The van der Waals surface area contributed by atoms with E-state index >= 15 is 0 Å². The number of anilines is 2. The Balaban J connectivity index is 2.10. The highest BCUT2D eigenvalue weighted by atomic mass is 32.2. The summed E-state index contributed by atoms with van der Waals surface area (Å²) in [4.78, 5) is 0.245. The first-order valence-electron chi connectivity index (χ1n) is 6.55. The Labute approximate surface area is 118 Å². The van der Waals surface area contributed by atoms with Crippen LogP contribution in [-0.4, -0.2) is 15.0 Å². The van der Waals surface area contributed by atoms with Crippen molar-refractivity contribution in [3.63, 3.8) is 0 Å². The van der Waals surface area contributed by atoms with Crippen molar-refractivity contribution in [1.82, 2.24) is 0 Å². The molecule has 2 N–H and O–H groups in total. The highest BCUT2D eigenvalue weighted by Crippen LogP contribution is 2.31. The van der Waals surface area contributed by atoms with Crippen LogP contribution >= 0.6 is 0 Å². The van der Waals surface area contributed by atoms with Crippen molar-refractivity contribution in [2.75, 3.05) is 16.6 Å². The van der Waals surface area contributed by atoms with E-state index in [9.17, 15) is 8.42 Å². The molecule has 0 aromatic heterocycles. The molecule has 1 aliphatic rings. The molecule has 0 radical (unpaired) electrons. The molecule has 0 amide bonds. The fourth-order valence-electron chi connectivity index (χ4n) is 2.55. The molecule has 5 heteroatoms. The lowest BCUT2D eigenvalue weighted by atomic mass is 10.0. The average Bonchev–Trinajstić information content (AvgIpc) is 2.46. The van der Waals surface area contributed by atoms with Crippen molar-refractivity contribution in [3.8, 4) is 0 Å². The number of aryl methyl sites for hydroxylation is 1. The zero-order chi connectivity index (χ0) is 14.2. The van der Waals surface area contributed by atoms with E-state index in [0.717, 1.165) is 24.1 Å². The van der Waals surface area contributed by atoms with Crippen molar-refractivity contribution in [2.24, 2.45) is 0 Å². The van der Waals surface area contributed by atoms with Crippen LogP contribution in [0.2, 0.25) is 0 Å². The summed E-state index contributed by atoms with van der Waals surface area (Å²) in [6, 6.07) is 14.1. The van der Waals surface area contributed by atoms with Gasteiger partial charge in [0, 0.05) is 12.2 Å². The quantitative estimate of drug-likeness (QED) is 0.863. The molecule has 0 saturated heterocycles. The fraction of sp³-hybridized carbons (Fsp3) is 0.200. The van der Waals surface area contributed by atoms with Crippen LogP contribution in [-0.2, 0) is 16.4 Å². The maximum Gasteiger partial charge on any atom is 0.264 e. The predicted octanol–water partition coefficient (Wildman–Crippen LogP) is 2.41. The topological polar surface area (TPSA) is 63.4 Å². The van der Waals surface area contributed by atoms with Gasteiger partial charge in [0.05, 0.1) is 10.6 Å². The van der Waals surface area contributed by atoms with E-state index in [0.29, 0.717) is 12.2 Å². The molecule has 2 aromatic rings. The molecule has 0 aliphatic carbocycles. The minimum atomic E-state index is -3.54. The van der Waals surface area contributed by atoms with Crippen molar-refractivity contribution < 1.29 is 8.42 Å². The van der Waals surface area contributed by atoms with Crippen molar-refractivity contribution in [2.45, 2.75) is 17.7 Å². The van der Waals surface area contributed by atoms with Crippen molar-refractivity contribution in [3.05, 3.63) is 54.1 Å². The molecule has 0 unspecified atom stereocenters. The highest BCUT2D eigenvalue weighted by Gasteiger charge is 2.28. The Morgan fingerprint density at radius 1 is 1.05 bits per heavy atom. The number of rotatable bonds is 2. The number of hydrogen-bond donors (Lipinski definition) is 1. The van der Waals surface area contributed by atoms with Crippen LogP contribution in [0.3, 0.4) is 0 Å². The first-order chi connectivity index (χ1) is 9.59. The normalized spacial score (nSPS) is 14.9. The maximum absolute atomic E-state index is 12.8. The summed E-state index contributed by atoms with van der Waals surface area (Å²) in [5.41, 5.74) is 8.01. The second-order valence-electron chi connectivity index (χ2n) is 4.88. The van der Waals surface area contributed by atoms with Gasteiger partial charge in [0.25, 0.3) is 10.0 Å². The minimum absolute atomic E-state index is 0.245. The number of para-hydroxylation sites is 1. The van der Waals surface area contributed by atoms with Crippen molar-refractivity contribution >= 4 is 21.4 Å². The Morgan fingerprint density at radius 3 is 2.65 bits per heavy atom. The second-order valence-corrected chi connectivity index (χ2v) is 6.74. The SMILES string of the molecule is Nc1cccc(S(=O)(=O)N2CCCc3ccccc32)c1. The van der Waals surface area contributed by atoms with Crippen LogP contribution in [0, 0.1) is 0 Å². The smallest absolute Gasteiger partial charge is 0.264 e. The zero-order valence-corrected chi connectivity index (χ0v) is 11.8. The van der Waals surface area contributed by atoms with Gasteiger partial charge < -0.3 is 5.73 Å². The summed E-state index contributed by atoms with van der Waals surface area (Å²) in [7, 11) is -3.54. The van der Waals surface area contributed by atoms with Gasteiger partial charge in [-0.05, 0) is 42.7 Å². The monoisotopic (exact) mass is 288 g/mol. The Hall–Kier alpha value is -2.01. The summed E-state index contributed by atoms with van der Waals surface area (Å²) in [6.45, 7) is 0.508. The van der Waals surface area contributed by atoms with E-state index in [2.05, 4.69) is 0 Å². The van der Waals surface area contributed by atoms with E-state index in [4.69, 9.17) is 5.73 Å². The molecule has 3 rings (SSSR count). The van der Waals surface area contributed by atoms with E-state index < -0.39 is 10.0 Å². The van der Waals surface area contributed by atoms with Gasteiger partial charge in [-0.2, -0.15) is 0 Å². The summed E-state index contributed by atoms with van der Waals surface area (Å²) in [5.74, 6) is 0. The van der Waals surface area contributed by atoms with E-state index in [1.165, 1.54) is 10.4 Å². The first kappa shape index (κ1) is 13.0. The van der Waals surface area contributed by atoms with Gasteiger partial charge in [-0.1, -0.05) is 24.3 Å². The predicted molar refractivity (Wildman–Crippen MR) is 80.1 cm³/mol. The lowest BCUT2D eigenvalue weighted by molar-refractivity contribution is 0.586.